The first-order chi connectivity index (χ1) is 7.79. The van der Waals surface area contributed by atoms with E-state index in [1.807, 2.05) is 18.4 Å². The molecule has 0 aliphatic carbocycles. The van der Waals surface area contributed by atoms with Crippen LogP contribution in [0.15, 0.2) is 23.2 Å². The summed E-state index contributed by atoms with van der Waals surface area (Å²) in [5.41, 5.74) is 0. The number of nitrogens with zero attached hydrogens (tertiary/aromatic N) is 1. The van der Waals surface area contributed by atoms with Gasteiger partial charge < -0.3 is 10.6 Å². The molecule has 1 fully saturated rings. The Balaban J connectivity index is 1.94. The molecule has 0 saturated carbocycles. The summed E-state index contributed by atoms with van der Waals surface area (Å²) in [6, 6.07) is 3.73. The van der Waals surface area contributed by atoms with Crippen molar-refractivity contribution in [2.24, 2.45) is 0 Å². The number of aromatic nitrogens is 1. The average molecular weight is 237 g/mol. The molecular weight excluding hydrogens is 222 g/mol. The van der Waals surface area contributed by atoms with E-state index in [1.54, 1.807) is 18.0 Å². The van der Waals surface area contributed by atoms with Crippen LogP contribution in [-0.2, 0) is 4.79 Å². The maximum atomic E-state index is 11.8. The van der Waals surface area contributed by atoms with Crippen LogP contribution in [0.1, 0.15) is 12.8 Å². The van der Waals surface area contributed by atoms with Crippen molar-refractivity contribution >= 4 is 23.5 Å². The molecule has 1 amide bonds. The van der Waals surface area contributed by atoms with Crippen molar-refractivity contribution in [3.05, 3.63) is 18.3 Å². The van der Waals surface area contributed by atoms with Crippen molar-refractivity contribution in [3.8, 4) is 0 Å². The fourth-order valence-electron chi connectivity index (χ4n) is 1.70. The van der Waals surface area contributed by atoms with E-state index in [9.17, 15) is 4.79 Å². The molecule has 5 heteroatoms. The third-order valence-electron chi connectivity index (χ3n) is 2.60. The van der Waals surface area contributed by atoms with Crippen molar-refractivity contribution in [2.45, 2.75) is 23.8 Å². The van der Waals surface area contributed by atoms with Crippen LogP contribution in [-0.4, -0.2) is 29.7 Å². The van der Waals surface area contributed by atoms with E-state index in [4.69, 9.17) is 0 Å². The molecule has 1 unspecified atom stereocenters. The number of rotatable bonds is 3. The van der Waals surface area contributed by atoms with Crippen LogP contribution in [0.3, 0.4) is 0 Å². The van der Waals surface area contributed by atoms with Crippen molar-refractivity contribution in [1.29, 1.82) is 0 Å². The lowest BCUT2D eigenvalue weighted by Gasteiger charge is -2.10. The SMILES string of the molecule is CSc1ccc(NC(=O)C2CCCN2)nc1. The molecule has 1 atom stereocenters. The lowest BCUT2D eigenvalue weighted by molar-refractivity contribution is -0.117. The second kappa shape index (κ2) is 5.32. The van der Waals surface area contributed by atoms with E-state index in [-0.39, 0.29) is 11.9 Å². The van der Waals surface area contributed by atoms with Gasteiger partial charge in [0, 0.05) is 11.1 Å². The van der Waals surface area contributed by atoms with Gasteiger partial charge in [-0.15, -0.1) is 11.8 Å². The molecule has 4 nitrogen and oxygen atoms in total. The lowest BCUT2D eigenvalue weighted by Crippen LogP contribution is -2.35. The van der Waals surface area contributed by atoms with E-state index in [2.05, 4.69) is 15.6 Å². The number of thioether (sulfide) groups is 1. The van der Waals surface area contributed by atoms with E-state index >= 15 is 0 Å². The fraction of sp³-hybridized carbons (Fsp3) is 0.455. The average Bonchev–Trinajstić information content (AvgIpc) is 2.83. The topological polar surface area (TPSA) is 54.0 Å². The maximum Gasteiger partial charge on any atom is 0.242 e. The first-order valence-corrected chi connectivity index (χ1v) is 6.56. The van der Waals surface area contributed by atoms with Gasteiger partial charge >= 0.3 is 0 Å². The van der Waals surface area contributed by atoms with Gasteiger partial charge in [0.25, 0.3) is 0 Å². The molecule has 2 heterocycles. The quantitative estimate of drug-likeness (QED) is 0.782. The molecule has 1 saturated heterocycles. The van der Waals surface area contributed by atoms with Crippen LogP contribution in [0.4, 0.5) is 5.82 Å². The van der Waals surface area contributed by atoms with E-state index in [0.29, 0.717) is 5.82 Å². The van der Waals surface area contributed by atoms with Gasteiger partial charge in [-0.05, 0) is 37.8 Å². The van der Waals surface area contributed by atoms with Crippen LogP contribution in [0.25, 0.3) is 0 Å². The molecule has 1 aromatic rings. The first kappa shape index (κ1) is 11.4. The Morgan fingerprint density at radius 1 is 1.62 bits per heavy atom. The number of amides is 1. The standard InChI is InChI=1S/C11H15N3OS/c1-16-8-4-5-10(13-7-8)14-11(15)9-3-2-6-12-9/h4-5,7,9,12H,2-3,6H2,1H3,(H,13,14,15). The molecular formula is C11H15N3OS. The zero-order chi connectivity index (χ0) is 11.4. The molecule has 0 spiro atoms. The number of anilines is 1. The van der Waals surface area contributed by atoms with E-state index in [0.717, 1.165) is 24.3 Å². The monoisotopic (exact) mass is 237 g/mol. The Bertz CT molecular complexity index is 360. The highest BCUT2D eigenvalue weighted by molar-refractivity contribution is 7.98. The van der Waals surface area contributed by atoms with Crippen LogP contribution in [0, 0.1) is 0 Å². The molecule has 86 valence electrons. The number of carbonyl (C=O) groups is 1. The zero-order valence-corrected chi connectivity index (χ0v) is 10.0. The molecule has 1 aromatic heterocycles. The Hall–Kier alpha value is -1.07. The third-order valence-corrected chi connectivity index (χ3v) is 3.31. The highest BCUT2D eigenvalue weighted by atomic mass is 32.2. The number of hydrogen-bond donors (Lipinski definition) is 2. The summed E-state index contributed by atoms with van der Waals surface area (Å²) in [6.07, 6.45) is 5.74. The van der Waals surface area contributed by atoms with Gasteiger partial charge in [-0.1, -0.05) is 0 Å². The highest BCUT2D eigenvalue weighted by Gasteiger charge is 2.21. The van der Waals surface area contributed by atoms with Gasteiger partial charge in [0.05, 0.1) is 6.04 Å². The second-order valence-electron chi connectivity index (χ2n) is 3.72. The first-order valence-electron chi connectivity index (χ1n) is 5.34. The molecule has 2 rings (SSSR count). The summed E-state index contributed by atoms with van der Waals surface area (Å²) in [5.74, 6) is 0.637. The van der Waals surface area contributed by atoms with Crippen LogP contribution in [0.2, 0.25) is 0 Å². The minimum absolute atomic E-state index is 0.0156. The van der Waals surface area contributed by atoms with Crippen LogP contribution >= 0.6 is 11.8 Å². The summed E-state index contributed by atoms with van der Waals surface area (Å²) in [5, 5.41) is 5.97. The smallest absolute Gasteiger partial charge is 0.242 e. The highest BCUT2D eigenvalue weighted by Crippen LogP contribution is 2.15. The summed E-state index contributed by atoms with van der Waals surface area (Å²) < 4.78 is 0. The molecule has 0 radical (unpaired) electrons. The minimum atomic E-state index is -0.0537. The van der Waals surface area contributed by atoms with Gasteiger partial charge in [-0.3, -0.25) is 4.79 Å². The van der Waals surface area contributed by atoms with Gasteiger partial charge in [-0.25, -0.2) is 4.98 Å². The van der Waals surface area contributed by atoms with Gasteiger partial charge in [0.1, 0.15) is 5.82 Å². The van der Waals surface area contributed by atoms with Gasteiger partial charge in [0.2, 0.25) is 5.91 Å². The Morgan fingerprint density at radius 3 is 3.06 bits per heavy atom. The summed E-state index contributed by atoms with van der Waals surface area (Å²) in [4.78, 5) is 17.0. The summed E-state index contributed by atoms with van der Waals surface area (Å²) >= 11 is 1.63. The minimum Gasteiger partial charge on any atom is -0.309 e. The number of carbonyl (C=O) groups excluding carboxylic acids is 1. The van der Waals surface area contributed by atoms with Crippen molar-refractivity contribution < 1.29 is 4.79 Å². The Morgan fingerprint density at radius 2 is 2.50 bits per heavy atom. The number of pyridine rings is 1. The van der Waals surface area contributed by atoms with Crippen molar-refractivity contribution in [2.75, 3.05) is 18.1 Å². The molecule has 1 aliphatic rings. The van der Waals surface area contributed by atoms with Gasteiger partial charge in [0.15, 0.2) is 0 Å². The lowest BCUT2D eigenvalue weighted by atomic mass is 10.2. The van der Waals surface area contributed by atoms with Crippen molar-refractivity contribution in [3.63, 3.8) is 0 Å². The largest absolute Gasteiger partial charge is 0.309 e. The van der Waals surface area contributed by atoms with E-state index in [1.165, 1.54) is 0 Å². The van der Waals surface area contributed by atoms with Gasteiger partial charge in [-0.2, -0.15) is 0 Å². The predicted octanol–water partition coefficient (Wildman–Crippen LogP) is 1.49. The Kier molecular flexibility index (Phi) is 3.79. The Labute approximate surface area is 99.2 Å². The summed E-state index contributed by atoms with van der Waals surface area (Å²) in [7, 11) is 0. The van der Waals surface area contributed by atoms with Crippen LogP contribution in [0.5, 0.6) is 0 Å². The number of nitrogens with one attached hydrogen (secondary N) is 2. The molecule has 16 heavy (non-hydrogen) atoms. The molecule has 0 aromatic carbocycles. The third kappa shape index (κ3) is 2.74. The number of hydrogen-bond acceptors (Lipinski definition) is 4. The molecule has 0 bridgehead atoms. The maximum absolute atomic E-state index is 11.8. The summed E-state index contributed by atoms with van der Waals surface area (Å²) in [6.45, 7) is 0.928. The fourth-order valence-corrected chi connectivity index (χ4v) is 2.06. The van der Waals surface area contributed by atoms with E-state index < -0.39 is 0 Å². The molecule has 1 aliphatic heterocycles. The predicted molar refractivity (Wildman–Crippen MR) is 65.7 cm³/mol. The van der Waals surface area contributed by atoms with Crippen LogP contribution < -0.4 is 10.6 Å². The van der Waals surface area contributed by atoms with Crippen molar-refractivity contribution in [1.82, 2.24) is 10.3 Å². The zero-order valence-electron chi connectivity index (χ0n) is 9.19. The second-order valence-corrected chi connectivity index (χ2v) is 4.60. The normalized spacial score (nSPS) is 19.7. The molecule has 2 N–H and O–H groups in total.